The first kappa shape index (κ1) is 18.2. The SMILES string of the molecule is CC(C)(C)c1ccc(Cn2cc(CSc3nc4ccccc4s3)nn2)cc1. The molecule has 0 unspecified atom stereocenters. The Hall–Kier alpha value is -2.18. The number of hydrogen-bond acceptors (Lipinski definition) is 5. The van der Waals surface area contributed by atoms with E-state index in [4.69, 9.17) is 0 Å². The standard InChI is InChI=1S/C21H22N4S2/c1-21(2,3)16-10-8-15(9-11-16)12-25-13-17(23-24-25)14-26-20-22-18-6-4-5-7-19(18)27-20/h4-11,13H,12,14H2,1-3H3. The molecule has 0 bridgehead atoms. The summed E-state index contributed by atoms with van der Waals surface area (Å²) in [6.07, 6.45) is 2.03. The number of benzene rings is 2. The van der Waals surface area contributed by atoms with Crippen molar-refractivity contribution < 1.29 is 0 Å². The van der Waals surface area contributed by atoms with Crippen LogP contribution in [-0.2, 0) is 17.7 Å². The second-order valence-corrected chi connectivity index (χ2v) is 9.84. The third-order valence-electron chi connectivity index (χ3n) is 4.37. The van der Waals surface area contributed by atoms with Gasteiger partial charge in [-0.3, -0.25) is 0 Å². The molecule has 0 fully saturated rings. The molecule has 0 aliphatic carbocycles. The summed E-state index contributed by atoms with van der Waals surface area (Å²) in [6.45, 7) is 7.43. The quantitative estimate of drug-likeness (QED) is 0.418. The van der Waals surface area contributed by atoms with E-state index in [1.807, 2.05) is 16.9 Å². The van der Waals surface area contributed by atoms with Crippen LogP contribution >= 0.6 is 23.1 Å². The Morgan fingerprint density at radius 3 is 2.56 bits per heavy atom. The van der Waals surface area contributed by atoms with Crippen molar-refractivity contribution in [1.82, 2.24) is 20.0 Å². The van der Waals surface area contributed by atoms with Crippen LogP contribution in [0.5, 0.6) is 0 Å². The summed E-state index contributed by atoms with van der Waals surface area (Å²) in [4.78, 5) is 4.66. The van der Waals surface area contributed by atoms with E-state index in [0.29, 0.717) is 0 Å². The summed E-state index contributed by atoms with van der Waals surface area (Å²) >= 11 is 3.44. The molecule has 138 valence electrons. The van der Waals surface area contributed by atoms with Crippen LogP contribution in [0.4, 0.5) is 0 Å². The number of thioether (sulfide) groups is 1. The van der Waals surface area contributed by atoms with Gasteiger partial charge in [-0.05, 0) is 28.7 Å². The molecule has 0 amide bonds. The fraction of sp³-hybridized carbons (Fsp3) is 0.286. The highest BCUT2D eigenvalue weighted by molar-refractivity contribution is 8.00. The summed E-state index contributed by atoms with van der Waals surface area (Å²) < 4.78 is 4.20. The number of hydrogen-bond donors (Lipinski definition) is 0. The lowest BCUT2D eigenvalue weighted by molar-refractivity contribution is 0.589. The second kappa shape index (κ2) is 7.44. The largest absolute Gasteiger partial charge is 0.248 e. The highest BCUT2D eigenvalue weighted by Crippen LogP contribution is 2.31. The smallest absolute Gasteiger partial charge is 0.151 e. The molecule has 2 aromatic carbocycles. The predicted octanol–water partition coefficient (Wildman–Crippen LogP) is 5.53. The maximum atomic E-state index is 4.66. The summed E-state index contributed by atoms with van der Waals surface area (Å²) in [7, 11) is 0. The molecule has 6 heteroatoms. The molecule has 2 aromatic heterocycles. The minimum absolute atomic E-state index is 0.177. The van der Waals surface area contributed by atoms with E-state index in [9.17, 15) is 0 Å². The number of nitrogens with zero attached hydrogens (tertiary/aromatic N) is 4. The number of fused-ring (bicyclic) bond motifs is 1. The first-order valence-corrected chi connectivity index (χ1v) is 10.7. The minimum Gasteiger partial charge on any atom is -0.248 e. The normalized spacial score (nSPS) is 12.0. The van der Waals surface area contributed by atoms with Crippen molar-refractivity contribution in [3.8, 4) is 0 Å². The highest BCUT2D eigenvalue weighted by atomic mass is 32.2. The van der Waals surface area contributed by atoms with Gasteiger partial charge in [0.15, 0.2) is 4.34 Å². The Balaban J connectivity index is 1.38. The van der Waals surface area contributed by atoms with E-state index in [-0.39, 0.29) is 5.41 Å². The van der Waals surface area contributed by atoms with Gasteiger partial charge in [0.2, 0.25) is 0 Å². The van der Waals surface area contributed by atoms with Gasteiger partial charge in [0, 0.05) is 11.9 Å². The van der Waals surface area contributed by atoms with Crippen LogP contribution < -0.4 is 0 Å². The molecular formula is C21H22N4S2. The van der Waals surface area contributed by atoms with Crippen LogP contribution in [0.2, 0.25) is 0 Å². The Kier molecular flexibility index (Phi) is 5.02. The van der Waals surface area contributed by atoms with E-state index < -0.39 is 0 Å². The predicted molar refractivity (Wildman–Crippen MR) is 113 cm³/mol. The maximum Gasteiger partial charge on any atom is 0.151 e. The number of aromatic nitrogens is 4. The van der Waals surface area contributed by atoms with Crippen molar-refractivity contribution in [1.29, 1.82) is 0 Å². The molecule has 2 heterocycles. The monoisotopic (exact) mass is 394 g/mol. The summed E-state index contributed by atoms with van der Waals surface area (Å²) in [5.74, 6) is 0.781. The highest BCUT2D eigenvalue weighted by Gasteiger charge is 2.13. The minimum atomic E-state index is 0.177. The van der Waals surface area contributed by atoms with Crippen molar-refractivity contribution in [3.05, 3.63) is 71.5 Å². The molecular weight excluding hydrogens is 372 g/mol. The molecule has 0 N–H and O–H groups in total. The van der Waals surface area contributed by atoms with Crippen LogP contribution in [0, 0.1) is 0 Å². The third-order valence-corrected chi connectivity index (χ3v) is 6.58. The lowest BCUT2D eigenvalue weighted by Crippen LogP contribution is -2.11. The Bertz CT molecular complexity index is 1010. The van der Waals surface area contributed by atoms with Gasteiger partial charge >= 0.3 is 0 Å². The summed E-state index contributed by atoms with van der Waals surface area (Å²) in [6, 6.07) is 17.0. The van der Waals surface area contributed by atoms with Gasteiger partial charge in [-0.2, -0.15) is 0 Å². The number of para-hydroxylation sites is 1. The summed E-state index contributed by atoms with van der Waals surface area (Å²) in [5, 5.41) is 8.58. The molecule has 0 aliphatic rings. The topological polar surface area (TPSA) is 43.6 Å². The van der Waals surface area contributed by atoms with E-state index in [1.165, 1.54) is 15.8 Å². The van der Waals surface area contributed by atoms with Gasteiger partial charge in [0.05, 0.1) is 22.5 Å². The van der Waals surface area contributed by atoms with Gasteiger partial charge in [0.25, 0.3) is 0 Å². The van der Waals surface area contributed by atoms with Gasteiger partial charge in [-0.25, -0.2) is 9.67 Å². The lowest BCUT2D eigenvalue weighted by Gasteiger charge is -2.19. The zero-order valence-corrected chi connectivity index (χ0v) is 17.3. The molecule has 0 aliphatic heterocycles. The molecule has 4 aromatic rings. The lowest BCUT2D eigenvalue weighted by atomic mass is 9.87. The Morgan fingerprint density at radius 1 is 1.04 bits per heavy atom. The maximum absolute atomic E-state index is 4.66. The number of rotatable bonds is 5. The first-order chi connectivity index (χ1) is 13.0. The fourth-order valence-electron chi connectivity index (χ4n) is 2.83. The van der Waals surface area contributed by atoms with E-state index >= 15 is 0 Å². The van der Waals surface area contributed by atoms with Crippen molar-refractivity contribution >= 4 is 33.3 Å². The van der Waals surface area contributed by atoms with Crippen LogP contribution in [-0.4, -0.2) is 20.0 Å². The second-order valence-electron chi connectivity index (χ2n) is 7.59. The molecule has 27 heavy (non-hydrogen) atoms. The summed E-state index contributed by atoms with van der Waals surface area (Å²) in [5.41, 5.74) is 4.80. The molecule has 0 spiro atoms. The van der Waals surface area contributed by atoms with E-state index in [1.54, 1.807) is 23.1 Å². The molecule has 0 saturated carbocycles. The zero-order chi connectivity index (χ0) is 18.9. The van der Waals surface area contributed by atoms with Crippen molar-refractivity contribution in [2.75, 3.05) is 0 Å². The third kappa shape index (κ3) is 4.39. The van der Waals surface area contributed by atoms with Gasteiger partial charge in [-0.15, -0.1) is 16.4 Å². The van der Waals surface area contributed by atoms with E-state index in [2.05, 4.69) is 78.5 Å². The molecule has 0 radical (unpaired) electrons. The molecule has 4 rings (SSSR count). The van der Waals surface area contributed by atoms with E-state index in [0.717, 1.165) is 27.8 Å². The van der Waals surface area contributed by atoms with Crippen LogP contribution in [0.25, 0.3) is 10.2 Å². The van der Waals surface area contributed by atoms with Crippen molar-refractivity contribution in [2.24, 2.45) is 0 Å². The fourth-order valence-corrected chi connectivity index (χ4v) is 4.77. The van der Waals surface area contributed by atoms with Gasteiger partial charge < -0.3 is 0 Å². The average Bonchev–Trinajstić information content (AvgIpc) is 3.25. The van der Waals surface area contributed by atoms with Crippen LogP contribution in [0.15, 0.2) is 59.1 Å². The van der Waals surface area contributed by atoms with Crippen molar-refractivity contribution in [2.45, 2.75) is 42.8 Å². The van der Waals surface area contributed by atoms with Gasteiger partial charge in [0.1, 0.15) is 0 Å². The van der Waals surface area contributed by atoms with Crippen LogP contribution in [0.3, 0.4) is 0 Å². The molecule has 4 nitrogen and oxygen atoms in total. The Labute approximate surface area is 167 Å². The van der Waals surface area contributed by atoms with Crippen LogP contribution in [0.1, 0.15) is 37.6 Å². The zero-order valence-electron chi connectivity index (χ0n) is 15.7. The average molecular weight is 395 g/mol. The van der Waals surface area contributed by atoms with Crippen molar-refractivity contribution in [3.63, 3.8) is 0 Å². The number of thiazole rings is 1. The molecule has 0 saturated heterocycles. The Morgan fingerprint density at radius 2 is 1.81 bits per heavy atom. The van der Waals surface area contributed by atoms with Gasteiger partial charge in [-0.1, -0.05) is 74.1 Å². The first-order valence-electron chi connectivity index (χ1n) is 8.94. The molecule has 0 atom stereocenters.